The number of benzene rings is 2. The van der Waals surface area contributed by atoms with E-state index in [0.717, 1.165) is 29.0 Å². The highest BCUT2D eigenvalue weighted by molar-refractivity contribution is 6.12. The van der Waals surface area contributed by atoms with E-state index < -0.39 is 41.5 Å². The second-order valence-corrected chi connectivity index (χ2v) is 9.75. The zero-order chi connectivity index (χ0) is 28.3. The fourth-order valence-electron chi connectivity index (χ4n) is 3.67. The summed E-state index contributed by atoms with van der Waals surface area (Å²) >= 11 is 0. The van der Waals surface area contributed by atoms with Crippen molar-refractivity contribution in [2.24, 2.45) is 0 Å². The number of hydrogen-bond donors (Lipinski definition) is 2. The highest BCUT2D eigenvalue weighted by Gasteiger charge is 2.34. The number of carbonyl (C=O) groups excluding carboxylic acids is 3. The smallest absolute Gasteiger partial charge is 0.416 e. The van der Waals surface area contributed by atoms with Crippen LogP contribution in [0, 0.1) is 13.8 Å². The minimum atomic E-state index is -4.69. The molecule has 38 heavy (non-hydrogen) atoms. The van der Waals surface area contributed by atoms with Crippen molar-refractivity contribution in [3.05, 3.63) is 77.1 Å². The Hall–Kier alpha value is -4.21. The molecule has 2 aromatic carbocycles. The number of ether oxygens (including phenoxy) is 1. The zero-order valence-electron chi connectivity index (χ0n) is 21.6. The van der Waals surface area contributed by atoms with E-state index in [1.165, 1.54) is 6.92 Å². The minimum Gasteiger partial charge on any atom is -0.444 e. The van der Waals surface area contributed by atoms with Crippen molar-refractivity contribution in [2.45, 2.75) is 52.8 Å². The number of ketones is 1. The molecule has 7 nitrogen and oxygen atoms in total. The number of nitrogens with one attached hydrogen (secondary N) is 2. The molecule has 3 rings (SSSR count). The molecule has 1 heterocycles. The third-order valence-corrected chi connectivity index (χ3v) is 5.32. The number of aryl methyl sites for hydroxylation is 2. The van der Waals surface area contributed by atoms with Gasteiger partial charge in [0.05, 0.1) is 23.4 Å². The summed E-state index contributed by atoms with van der Waals surface area (Å²) in [5, 5.41) is 4.71. The highest BCUT2D eigenvalue weighted by Crippen LogP contribution is 2.37. The monoisotopic (exact) mass is 527 g/mol. The van der Waals surface area contributed by atoms with Crippen LogP contribution in [0.5, 0.6) is 0 Å². The van der Waals surface area contributed by atoms with E-state index in [1.54, 1.807) is 51.2 Å². The van der Waals surface area contributed by atoms with Crippen LogP contribution in [0.15, 0.2) is 54.7 Å². The Morgan fingerprint density at radius 2 is 1.55 bits per heavy atom. The van der Waals surface area contributed by atoms with E-state index in [2.05, 4.69) is 15.6 Å². The van der Waals surface area contributed by atoms with Crippen molar-refractivity contribution in [1.29, 1.82) is 0 Å². The maximum Gasteiger partial charge on any atom is 0.416 e. The fourth-order valence-corrected chi connectivity index (χ4v) is 3.67. The van der Waals surface area contributed by atoms with Crippen molar-refractivity contribution in [2.75, 3.05) is 10.6 Å². The van der Waals surface area contributed by atoms with Crippen LogP contribution in [0.4, 0.5) is 29.3 Å². The Morgan fingerprint density at radius 1 is 0.895 bits per heavy atom. The number of anilines is 2. The van der Waals surface area contributed by atoms with Gasteiger partial charge in [-0.25, -0.2) is 4.79 Å². The third kappa shape index (κ3) is 7.64. The van der Waals surface area contributed by atoms with Gasteiger partial charge in [-0.1, -0.05) is 18.2 Å². The average molecular weight is 528 g/mol. The molecule has 0 aliphatic carbocycles. The van der Waals surface area contributed by atoms with Crippen LogP contribution in [0.25, 0.3) is 11.1 Å². The fraction of sp³-hybridized carbons (Fsp3) is 0.286. The predicted octanol–water partition coefficient (Wildman–Crippen LogP) is 6.94. The predicted molar refractivity (Wildman–Crippen MR) is 138 cm³/mol. The van der Waals surface area contributed by atoms with Crippen molar-refractivity contribution >= 4 is 29.2 Å². The summed E-state index contributed by atoms with van der Waals surface area (Å²) in [5.74, 6) is -1.24. The quantitative estimate of drug-likeness (QED) is 0.267. The van der Waals surface area contributed by atoms with Gasteiger partial charge < -0.3 is 10.1 Å². The molecule has 0 aliphatic rings. The number of alkyl halides is 3. The molecule has 0 saturated carbocycles. The molecule has 0 fully saturated rings. The van der Waals surface area contributed by atoms with Crippen molar-refractivity contribution in [1.82, 2.24) is 4.98 Å². The average Bonchev–Trinajstić information content (AvgIpc) is 2.78. The molecular formula is C28H28F3N3O4. The third-order valence-electron chi connectivity index (χ3n) is 5.32. The van der Waals surface area contributed by atoms with E-state index in [4.69, 9.17) is 4.74 Å². The maximum absolute atomic E-state index is 13.5. The Labute approximate surface area is 218 Å². The molecule has 2 amide bonds. The molecule has 0 aliphatic heterocycles. The first-order valence-electron chi connectivity index (χ1n) is 11.7. The molecule has 2 N–H and O–H groups in total. The number of amides is 2. The van der Waals surface area contributed by atoms with Gasteiger partial charge in [-0.2, -0.15) is 13.2 Å². The second-order valence-electron chi connectivity index (χ2n) is 9.75. The SMILES string of the molecule is Cc1cc(-c2cccc(C(=O)CC(=O)Nc3cc(C)c(C(F)(F)F)cc3NC(=O)OC(C)(C)C)c2)ccn1. The number of pyridine rings is 1. The molecule has 0 saturated heterocycles. The van der Waals surface area contributed by atoms with Crippen LogP contribution in [-0.4, -0.2) is 28.4 Å². The molecular weight excluding hydrogens is 499 g/mol. The van der Waals surface area contributed by atoms with Gasteiger partial charge in [0.25, 0.3) is 0 Å². The first kappa shape index (κ1) is 28.4. The lowest BCUT2D eigenvalue weighted by Crippen LogP contribution is -2.28. The van der Waals surface area contributed by atoms with Crippen molar-refractivity contribution < 1.29 is 32.3 Å². The summed E-state index contributed by atoms with van der Waals surface area (Å²) in [6.07, 6.45) is -4.60. The summed E-state index contributed by atoms with van der Waals surface area (Å²) in [6, 6.07) is 12.2. The Balaban J connectivity index is 1.82. The van der Waals surface area contributed by atoms with E-state index in [0.29, 0.717) is 5.56 Å². The van der Waals surface area contributed by atoms with Gasteiger partial charge in [-0.15, -0.1) is 0 Å². The number of rotatable bonds is 6. The molecule has 200 valence electrons. The number of carbonyl (C=O) groups is 3. The number of halogens is 3. The van der Waals surface area contributed by atoms with Gasteiger partial charge in [0.2, 0.25) is 5.91 Å². The lowest BCUT2D eigenvalue weighted by molar-refractivity contribution is -0.138. The van der Waals surface area contributed by atoms with Crippen LogP contribution >= 0.6 is 0 Å². The topological polar surface area (TPSA) is 97.4 Å². The van der Waals surface area contributed by atoms with E-state index in [1.807, 2.05) is 19.1 Å². The summed E-state index contributed by atoms with van der Waals surface area (Å²) < 4.78 is 45.6. The summed E-state index contributed by atoms with van der Waals surface area (Å²) in [7, 11) is 0. The molecule has 1 aromatic heterocycles. The molecule has 3 aromatic rings. The molecule has 0 unspecified atom stereocenters. The lowest BCUT2D eigenvalue weighted by Gasteiger charge is -2.22. The van der Waals surface area contributed by atoms with Gasteiger partial charge in [-0.3, -0.25) is 19.9 Å². The number of hydrogen-bond acceptors (Lipinski definition) is 5. The first-order chi connectivity index (χ1) is 17.6. The summed E-state index contributed by atoms with van der Waals surface area (Å²) in [6.45, 7) is 7.87. The molecule has 0 bridgehead atoms. The maximum atomic E-state index is 13.5. The number of nitrogens with zero attached hydrogens (tertiary/aromatic N) is 1. The van der Waals surface area contributed by atoms with E-state index >= 15 is 0 Å². The van der Waals surface area contributed by atoms with Gasteiger partial charge in [0.15, 0.2) is 5.78 Å². The van der Waals surface area contributed by atoms with E-state index in [9.17, 15) is 27.6 Å². The van der Waals surface area contributed by atoms with Gasteiger partial charge in [0.1, 0.15) is 5.60 Å². The van der Waals surface area contributed by atoms with Gasteiger partial charge in [0, 0.05) is 17.5 Å². The van der Waals surface area contributed by atoms with Crippen LogP contribution < -0.4 is 10.6 Å². The number of aromatic nitrogens is 1. The minimum absolute atomic E-state index is 0.0971. The second kappa shape index (κ2) is 11.0. The van der Waals surface area contributed by atoms with Crippen LogP contribution in [0.3, 0.4) is 0 Å². The normalized spacial score (nSPS) is 11.6. The Kier molecular flexibility index (Phi) is 8.24. The van der Waals surface area contributed by atoms with Crippen LogP contribution in [0.1, 0.15) is 54.4 Å². The Morgan fingerprint density at radius 3 is 2.18 bits per heavy atom. The van der Waals surface area contributed by atoms with Crippen molar-refractivity contribution in [3.8, 4) is 11.1 Å². The zero-order valence-corrected chi connectivity index (χ0v) is 21.6. The molecule has 10 heteroatoms. The van der Waals surface area contributed by atoms with Crippen LogP contribution in [0.2, 0.25) is 0 Å². The van der Waals surface area contributed by atoms with Gasteiger partial charge >= 0.3 is 12.3 Å². The lowest BCUT2D eigenvalue weighted by atomic mass is 10.00. The molecule has 0 atom stereocenters. The standard InChI is InChI=1S/C28H28F3N3O4/c1-16-11-22(23(14-21(16)28(29,30)31)34-26(37)38-27(3,4)5)33-25(36)15-24(35)20-8-6-7-18(13-20)19-9-10-32-17(2)12-19/h6-14H,15H2,1-5H3,(H,33,36)(H,34,37). The largest absolute Gasteiger partial charge is 0.444 e. The highest BCUT2D eigenvalue weighted by atomic mass is 19.4. The van der Waals surface area contributed by atoms with E-state index in [-0.39, 0.29) is 16.9 Å². The molecule has 0 spiro atoms. The number of Topliss-reactive ketones (excluding diaryl/α,β-unsaturated/α-hetero) is 1. The molecule has 0 radical (unpaired) electrons. The Bertz CT molecular complexity index is 1380. The van der Waals surface area contributed by atoms with Gasteiger partial charge in [-0.05, 0) is 81.6 Å². The first-order valence-corrected chi connectivity index (χ1v) is 11.7. The van der Waals surface area contributed by atoms with Crippen molar-refractivity contribution in [3.63, 3.8) is 0 Å². The summed E-state index contributed by atoms with van der Waals surface area (Å²) in [4.78, 5) is 42.0. The summed E-state index contributed by atoms with van der Waals surface area (Å²) in [5.41, 5.74) is 0.256. The van der Waals surface area contributed by atoms with Crippen LogP contribution in [-0.2, 0) is 15.7 Å².